The molecule has 1 aliphatic rings. The summed E-state index contributed by atoms with van der Waals surface area (Å²) in [5.41, 5.74) is 2.18. The van der Waals surface area contributed by atoms with E-state index in [9.17, 15) is 0 Å². The highest BCUT2D eigenvalue weighted by Gasteiger charge is 2.28. The Hall–Kier alpha value is -1.68. The highest BCUT2D eigenvalue weighted by atomic mass is 32.2. The zero-order valence-corrected chi connectivity index (χ0v) is 19.6. The highest BCUT2D eigenvalue weighted by molar-refractivity contribution is 7.99. The van der Waals surface area contributed by atoms with Crippen LogP contribution >= 0.6 is 11.8 Å². The van der Waals surface area contributed by atoms with Gasteiger partial charge in [-0.1, -0.05) is 95.9 Å². The fourth-order valence-corrected chi connectivity index (χ4v) is 5.50. The average molecular weight is 427 g/mol. The Bertz CT molecular complexity index is 833. The van der Waals surface area contributed by atoms with Gasteiger partial charge in [0.25, 0.3) is 0 Å². The first kappa shape index (κ1) is 23.0. The number of unbranched alkanes of at least 4 members (excludes halogenated alkanes) is 9. The lowest BCUT2D eigenvalue weighted by Gasteiger charge is -2.26. The summed E-state index contributed by atoms with van der Waals surface area (Å²) >= 11 is 1.88. The first-order valence-corrected chi connectivity index (χ1v) is 12.8. The summed E-state index contributed by atoms with van der Waals surface area (Å²) in [6, 6.07) is 10.7. The maximum absolute atomic E-state index is 6.30. The number of fused-ring (bicyclic) bond motifs is 3. The van der Waals surface area contributed by atoms with Crippen molar-refractivity contribution in [2.75, 3.05) is 12.4 Å². The van der Waals surface area contributed by atoms with Crippen LogP contribution in [0, 0.1) is 5.92 Å². The van der Waals surface area contributed by atoms with Crippen molar-refractivity contribution in [2.24, 2.45) is 16.9 Å². The summed E-state index contributed by atoms with van der Waals surface area (Å²) in [4.78, 5) is 1.21. The lowest BCUT2D eigenvalue weighted by Crippen LogP contribution is -2.22. The van der Waals surface area contributed by atoms with E-state index in [1.165, 1.54) is 79.0 Å². The predicted molar refractivity (Wildman–Crippen MR) is 132 cm³/mol. The smallest absolute Gasteiger partial charge is 0.134 e. The van der Waals surface area contributed by atoms with Gasteiger partial charge in [-0.25, -0.2) is 0 Å². The van der Waals surface area contributed by atoms with Crippen LogP contribution in [0.25, 0.3) is 10.8 Å². The molecular formula is C26H38N2OS. The molecule has 164 valence electrons. The molecule has 1 unspecified atom stereocenters. The lowest BCUT2D eigenvalue weighted by atomic mass is 9.93. The molecule has 0 saturated heterocycles. The van der Waals surface area contributed by atoms with Gasteiger partial charge in [-0.15, -0.1) is 11.8 Å². The third-order valence-corrected chi connectivity index (χ3v) is 7.42. The van der Waals surface area contributed by atoms with Crippen molar-refractivity contribution in [1.82, 2.24) is 0 Å². The molecule has 0 saturated carbocycles. The van der Waals surface area contributed by atoms with Crippen LogP contribution < -0.4 is 10.6 Å². The van der Waals surface area contributed by atoms with Gasteiger partial charge >= 0.3 is 0 Å². The third-order valence-electron chi connectivity index (χ3n) is 6.06. The predicted octanol–water partition coefficient (Wildman–Crippen LogP) is 7.54. The van der Waals surface area contributed by atoms with Gasteiger partial charge in [0.1, 0.15) is 5.75 Å². The number of hydrogen-bond donors (Lipinski definition) is 1. The van der Waals surface area contributed by atoms with Crippen LogP contribution in [0.15, 0.2) is 40.3 Å². The summed E-state index contributed by atoms with van der Waals surface area (Å²) in [6.07, 6.45) is 13.4. The molecule has 0 aromatic heterocycles. The SMILES string of the molecule is CCCCCCCCCCCCOc1cc2ccccc2c2c1SCC(C)/C2=N/N. The largest absolute Gasteiger partial charge is 0.492 e. The molecule has 0 bridgehead atoms. The number of hydrogen-bond acceptors (Lipinski definition) is 4. The first-order valence-electron chi connectivity index (χ1n) is 11.9. The molecule has 0 amide bonds. The van der Waals surface area contributed by atoms with Crippen molar-refractivity contribution in [3.8, 4) is 5.75 Å². The van der Waals surface area contributed by atoms with E-state index in [-0.39, 0.29) is 0 Å². The number of benzene rings is 2. The van der Waals surface area contributed by atoms with E-state index < -0.39 is 0 Å². The fourth-order valence-electron chi connectivity index (χ4n) is 4.30. The number of hydrazone groups is 1. The molecular weight excluding hydrogens is 388 g/mol. The van der Waals surface area contributed by atoms with Crippen molar-refractivity contribution in [1.29, 1.82) is 0 Å². The normalized spacial score (nSPS) is 17.4. The molecule has 1 heterocycles. The standard InChI is InChI=1S/C26H38N2OS/c1-3-4-5-6-7-8-9-10-11-14-17-29-23-18-21-15-12-13-16-22(21)24-25(28-27)20(2)19-30-26(23)24/h12-13,15-16,18,20H,3-11,14,17,19,27H2,1-2H3/b28-25-. The van der Waals surface area contributed by atoms with Crippen LogP contribution in [0.1, 0.15) is 83.6 Å². The van der Waals surface area contributed by atoms with E-state index in [0.29, 0.717) is 5.92 Å². The average Bonchev–Trinajstić information content (AvgIpc) is 2.77. The number of thioether (sulfide) groups is 1. The monoisotopic (exact) mass is 426 g/mol. The maximum atomic E-state index is 6.30. The Morgan fingerprint density at radius 1 is 1.00 bits per heavy atom. The van der Waals surface area contributed by atoms with Crippen molar-refractivity contribution in [3.63, 3.8) is 0 Å². The van der Waals surface area contributed by atoms with Gasteiger partial charge in [0.2, 0.25) is 0 Å². The summed E-state index contributed by atoms with van der Waals surface area (Å²) in [5, 5.41) is 6.59. The molecule has 2 aromatic carbocycles. The van der Waals surface area contributed by atoms with Crippen molar-refractivity contribution in [3.05, 3.63) is 35.9 Å². The Morgan fingerprint density at radius 3 is 2.37 bits per heavy atom. The van der Waals surface area contributed by atoms with Gasteiger partial charge in [0, 0.05) is 17.2 Å². The van der Waals surface area contributed by atoms with Gasteiger partial charge in [0.05, 0.1) is 17.2 Å². The molecule has 2 N–H and O–H groups in total. The molecule has 0 aliphatic carbocycles. The second-order valence-electron chi connectivity index (χ2n) is 8.56. The van der Waals surface area contributed by atoms with Crippen molar-refractivity contribution in [2.45, 2.75) is 83.0 Å². The summed E-state index contributed by atoms with van der Waals surface area (Å²) < 4.78 is 6.30. The second kappa shape index (κ2) is 12.2. The van der Waals surface area contributed by atoms with Gasteiger partial charge in [-0.2, -0.15) is 5.10 Å². The minimum atomic E-state index is 0.355. The van der Waals surface area contributed by atoms with Crippen molar-refractivity contribution >= 4 is 28.2 Å². The molecule has 2 aromatic rings. The van der Waals surface area contributed by atoms with E-state index in [4.69, 9.17) is 10.6 Å². The quantitative estimate of drug-likeness (QED) is 0.216. The molecule has 3 rings (SSSR count). The van der Waals surface area contributed by atoms with Crippen molar-refractivity contribution < 1.29 is 4.74 Å². The molecule has 30 heavy (non-hydrogen) atoms. The van der Waals surface area contributed by atoms with Gasteiger partial charge < -0.3 is 10.6 Å². The van der Waals surface area contributed by atoms with E-state index in [2.05, 4.69) is 49.3 Å². The lowest BCUT2D eigenvalue weighted by molar-refractivity contribution is 0.298. The van der Waals surface area contributed by atoms with E-state index in [1.807, 2.05) is 11.8 Å². The maximum Gasteiger partial charge on any atom is 0.134 e. The minimum absolute atomic E-state index is 0.355. The molecule has 1 atom stereocenters. The molecule has 3 nitrogen and oxygen atoms in total. The molecule has 0 radical (unpaired) electrons. The van der Waals surface area contributed by atoms with Crippen LogP contribution in [0.3, 0.4) is 0 Å². The zero-order chi connectivity index (χ0) is 21.2. The number of nitrogens with zero attached hydrogens (tertiary/aromatic N) is 1. The second-order valence-corrected chi connectivity index (χ2v) is 9.59. The van der Waals surface area contributed by atoms with Crippen LogP contribution in [-0.2, 0) is 0 Å². The fraction of sp³-hybridized carbons (Fsp3) is 0.577. The first-order chi connectivity index (χ1) is 14.8. The van der Waals surface area contributed by atoms with E-state index in [0.717, 1.165) is 30.2 Å². The van der Waals surface area contributed by atoms with Crippen LogP contribution in [-0.4, -0.2) is 18.1 Å². The summed E-state index contributed by atoms with van der Waals surface area (Å²) in [5.74, 6) is 8.15. The van der Waals surface area contributed by atoms with Gasteiger partial charge in [-0.05, 0) is 23.3 Å². The van der Waals surface area contributed by atoms with Crippen LogP contribution in [0.2, 0.25) is 0 Å². The van der Waals surface area contributed by atoms with E-state index in [1.54, 1.807) is 0 Å². The van der Waals surface area contributed by atoms with Crippen LogP contribution in [0.5, 0.6) is 5.75 Å². The molecule has 4 heteroatoms. The molecule has 1 aliphatic heterocycles. The zero-order valence-electron chi connectivity index (χ0n) is 18.8. The summed E-state index contributed by atoms with van der Waals surface area (Å²) in [7, 11) is 0. The Balaban J connectivity index is 1.53. The Kier molecular flexibility index (Phi) is 9.38. The topological polar surface area (TPSA) is 47.6 Å². The minimum Gasteiger partial charge on any atom is -0.492 e. The Labute approximate surface area is 186 Å². The number of nitrogens with two attached hydrogens (primary N) is 1. The Morgan fingerprint density at radius 2 is 1.67 bits per heavy atom. The third kappa shape index (κ3) is 5.94. The molecule has 0 fully saturated rings. The van der Waals surface area contributed by atoms with Crippen LogP contribution in [0.4, 0.5) is 0 Å². The highest BCUT2D eigenvalue weighted by Crippen LogP contribution is 2.43. The van der Waals surface area contributed by atoms with E-state index >= 15 is 0 Å². The van der Waals surface area contributed by atoms with Gasteiger partial charge in [-0.3, -0.25) is 0 Å². The summed E-state index contributed by atoms with van der Waals surface area (Å²) in [6.45, 7) is 5.26. The molecule has 0 spiro atoms. The van der Waals surface area contributed by atoms with Gasteiger partial charge in [0.15, 0.2) is 0 Å². The number of ether oxygens (including phenoxy) is 1. The number of rotatable bonds is 12.